The molecule has 0 radical (unpaired) electrons. The molecule has 14 heavy (non-hydrogen) atoms. The largest absolute Gasteiger partial charge is 0.312 e. The van der Waals surface area contributed by atoms with E-state index in [9.17, 15) is 13.6 Å². The Hall–Kier alpha value is -1.49. The Morgan fingerprint density at radius 1 is 1.21 bits per heavy atom. The van der Waals surface area contributed by atoms with Crippen LogP contribution in [0.2, 0.25) is 0 Å². The van der Waals surface area contributed by atoms with Crippen molar-refractivity contribution in [2.45, 2.75) is 0 Å². The van der Waals surface area contributed by atoms with Crippen LogP contribution in [0.15, 0.2) is 28.4 Å². The summed E-state index contributed by atoms with van der Waals surface area (Å²) in [6, 6.07) is 3.57. The second-order valence-electron chi connectivity index (χ2n) is 2.66. The van der Waals surface area contributed by atoms with Crippen molar-refractivity contribution in [2.24, 2.45) is 0 Å². The molecule has 0 atom stereocenters. The number of aromatic nitrogens is 1. The molecule has 0 bridgehead atoms. The van der Waals surface area contributed by atoms with Gasteiger partial charge in [-0.3, -0.25) is 4.79 Å². The second kappa shape index (κ2) is 3.34. The van der Waals surface area contributed by atoms with Crippen molar-refractivity contribution in [1.29, 1.82) is 0 Å². The molecule has 1 heterocycles. The van der Waals surface area contributed by atoms with Gasteiger partial charge in [0.25, 0.3) is 0 Å². The fraction of sp³-hybridized carbons (Fsp3) is 0. The number of benzene rings is 1. The van der Waals surface area contributed by atoms with Crippen LogP contribution in [0.4, 0.5) is 8.78 Å². The van der Waals surface area contributed by atoms with Crippen LogP contribution in [0.3, 0.4) is 0 Å². The molecule has 1 N–H and O–H groups in total. The van der Waals surface area contributed by atoms with Crippen LogP contribution in [0, 0.1) is 11.6 Å². The monoisotopic (exact) mass is 213 g/mol. The van der Waals surface area contributed by atoms with Crippen LogP contribution >= 0.6 is 11.3 Å². The highest BCUT2D eigenvalue weighted by atomic mass is 32.1. The van der Waals surface area contributed by atoms with Gasteiger partial charge in [0.2, 0.25) is 0 Å². The Labute approximate surface area is 81.8 Å². The Bertz CT molecular complexity index is 497. The van der Waals surface area contributed by atoms with Crippen LogP contribution in [0.25, 0.3) is 11.3 Å². The predicted molar refractivity (Wildman–Crippen MR) is 50.3 cm³/mol. The SMILES string of the molecule is O=c1[nH]c(-c2c(F)cccc2F)cs1. The minimum Gasteiger partial charge on any atom is -0.312 e. The second-order valence-corrected chi connectivity index (χ2v) is 3.50. The summed E-state index contributed by atoms with van der Waals surface area (Å²) in [6.45, 7) is 0. The molecule has 72 valence electrons. The van der Waals surface area contributed by atoms with Gasteiger partial charge in [-0.25, -0.2) is 8.78 Å². The van der Waals surface area contributed by atoms with Gasteiger partial charge in [0.1, 0.15) is 11.6 Å². The smallest absolute Gasteiger partial charge is 0.304 e. The summed E-state index contributed by atoms with van der Waals surface area (Å²) in [5, 5.41) is 1.39. The number of rotatable bonds is 1. The van der Waals surface area contributed by atoms with E-state index in [0.717, 1.165) is 23.5 Å². The van der Waals surface area contributed by atoms with Gasteiger partial charge in [0.05, 0.1) is 11.3 Å². The first-order chi connectivity index (χ1) is 6.68. The lowest BCUT2D eigenvalue weighted by Gasteiger charge is -2.00. The van der Waals surface area contributed by atoms with Crippen molar-refractivity contribution in [3.8, 4) is 11.3 Å². The maximum Gasteiger partial charge on any atom is 0.304 e. The highest BCUT2D eigenvalue weighted by molar-refractivity contribution is 7.07. The number of hydrogen-bond acceptors (Lipinski definition) is 2. The van der Waals surface area contributed by atoms with Gasteiger partial charge in [0.15, 0.2) is 0 Å². The summed E-state index contributed by atoms with van der Waals surface area (Å²) in [6.07, 6.45) is 0. The molecule has 0 spiro atoms. The van der Waals surface area contributed by atoms with Gasteiger partial charge in [-0.15, -0.1) is 0 Å². The summed E-state index contributed by atoms with van der Waals surface area (Å²) in [7, 11) is 0. The van der Waals surface area contributed by atoms with Gasteiger partial charge >= 0.3 is 4.87 Å². The molecule has 0 unspecified atom stereocenters. The van der Waals surface area contributed by atoms with Gasteiger partial charge in [-0.2, -0.15) is 0 Å². The zero-order chi connectivity index (χ0) is 10.1. The van der Waals surface area contributed by atoms with E-state index in [1.54, 1.807) is 0 Å². The molecule has 0 amide bonds. The highest BCUT2D eigenvalue weighted by Gasteiger charge is 2.11. The van der Waals surface area contributed by atoms with Crippen molar-refractivity contribution in [2.75, 3.05) is 0 Å². The fourth-order valence-corrected chi connectivity index (χ4v) is 1.73. The van der Waals surface area contributed by atoms with Crippen molar-refractivity contribution in [3.63, 3.8) is 0 Å². The molecule has 0 saturated heterocycles. The molecule has 0 aliphatic heterocycles. The molecule has 1 aromatic carbocycles. The maximum atomic E-state index is 13.2. The van der Waals surface area contributed by atoms with Crippen LogP contribution in [0.1, 0.15) is 0 Å². The number of nitrogens with one attached hydrogen (secondary N) is 1. The van der Waals surface area contributed by atoms with E-state index >= 15 is 0 Å². The molecular weight excluding hydrogens is 208 g/mol. The molecular formula is C9H5F2NOS. The molecule has 2 nitrogen and oxygen atoms in total. The van der Waals surface area contributed by atoms with E-state index < -0.39 is 11.6 Å². The maximum absolute atomic E-state index is 13.2. The Kier molecular flexibility index (Phi) is 2.17. The first kappa shape index (κ1) is 9.08. The zero-order valence-corrected chi connectivity index (χ0v) is 7.70. The van der Waals surface area contributed by atoms with E-state index in [4.69, 9.17) is 0 Å². The van der Waals surface area contributed by atoms with Crippen LogP contribution < -0.4 is 4.87 Å². The van der Waals surface area contributed by atoms with Crippen LogP contribution in [-0.4, -0.2) is 4.98 Å². The van der Waals surface area contributed by atoms with E-state index in [1.165, 1.54) is 11.4 Å². The highest BCUT2D eigenvalue weighted by Crippen LogP contribution is 2.23. The minimum absolute atomic E-state index is 0.176. The Morgan fingerprint density at radius 2 is 1.86 bits per heavy atom. The molecule has 5 heteroatoms. The molecule has 2 aromatic rings. The van der Waals surface area contributed by atoms with Crippen molar-refractivity contribution < 1.29 is 8.78 Å². The number of aromatic amines is 1. The number of thiazole rings is 1. The number of H-pyrrole nitrogens is 1. The lowest BCUT2D eigenvalue weighted by molar-refractivity contribution is 0.589. The lowest BCUT2D eigenvalue weighted by atomic mass is 10.1. The standard InChI is InChI=1S/C9H5F2NOS/c10-5-2-1-3-6(11)8(5)7-4-14-9(13)12-7/h1-4H,(H,12,13). The lowest BCUT2D eigenvalue weighted by Crippen LogP contribution is -1.95. The van der Waals surface area contributed by atoms with Crippen molar-refractivity contribution in [1.82, 2.24) is 4.98 Å². The third-order valence-corrected chi connectivity index (χ3v) is 2.42. The van der Waals surface area contributed by atoms with Gasteiger partial charge < -0.3 is 4.98 Å². The fourth-order valence-electron chi connectivity index (χ4n) is 1.16. The van der Waals surface area contributed by atoms with Gasteiger partial charge in [0, 0.05) is 5.38 Å². The third-order valence-electron chi connectivity index (χ3n) is 1.75. The zero-order valence-electron chi connectivity index (χ0n) is 6.88. The Balaban J connectivity index is 2.67. The Morgan fingerprint density at radius 3 is 2.36 bits per heavy atom. The number of hydrogen-bond donors (Lipinski definition) is 1. The number of halogens is 2. The first-order valence-corrected chi connectivity index (χ1v) is 4.68. The predicted octanol–water partition coefficient (Wildman–Crippen LogP) is 2.38. The average molecular weight is 213 g/mol. The normalized spacial score (nSPS) is 10.4. The quantitative estimate of drug-likeness (QED) is 0.775. The molecule has 0 saturated carbocycles. The van der Waals surface area contributed by atoms with Gasteiger partial charge in [-0.05, 0) is 12.1 Å². The summed E-state index contributed by atoms with van der Waals surface area (Å²) < 4.78 is 26.4. The summed E-state index contributed by atoms with van der Waals surface area (Å²) in [5.74, 6) is -1.36. The van der Waals surface area contributed by atoms with Crippen LogP contribution in [-0.2, 0) is 0 Å². The summed E-state index contributed by atoms with van der Waals surface area (Å²) >= 11 is 0.872. The summed E-state index contributed by atoms with van der Waals surface area (Å²) in [5.41, 5.74) is -0.0125. The average Bonchev–Trinajstić information content (AvgIpc) is 2.51. The van der Waals surface area contributed by atoms with E-state index in [0.29, 0.717) is 0 Å². The van der Waals surface area contributed by atoms with Crippen molar-refractivity contribution >= 4 is 11.3 Å². The van der Waals surface area contributed by atoms with E-state index in [-0.39, 0.29) is 16.1 Å². The summed E-state index contributed by atoms with van der Waals surface area (Å²) in [4.78, 5) is 12.8. The van der Waals surface area contributed by atoms with E-state index in [1.807, 2.05) is 0 Å². The molecule has 1 aromatic heterocycles. The van der Waals surface area contributed by atoms with Gasteiger partial charge in [-0.1, -0.05) is 17.4 Å². The molecule has 0 aliphatic carbocycles. The van der Waals surface area contributed by atoms with Crippen molar-refractivity contribution in [3.05, 3.63) is 44.9 Å². The van der Waals surface area contributed by atoms with E-state index in [2.05, 4.69) is 4.98 Å². The molecule has 2 rings (SSSR count). The van der Waals surface area contributed by atoms with Crippen LogP contribution in [0.5, 0.6) is 0 Å². The topological polar surface area (TPSA) is 32.9 Å². The first-order valence-electron chi connectivity index (χ1n) is 3.80. The molecule has 0 aliphatic rings. The minimum atomic E-state index is -0.681. The third kappa shape index (κ3) is 1.46. The molecule has 0 fully saturated rings.